The van der Waals surface area contributed by atoms with E-state index >= 15 is 0 Å². The van der Waals surface area contributed by atoms with Crippen LogP contribution in [0.5, 0.6) is 11.5 Å². The molecular weight excluding hydrogens is 477 g/mol. The average molecular weight is 523 g/mol. The van der Waals surface area contributed by atoms with Crippen molar-refractivity contribution in [3.05, 3.63) is 46.5 Å². The second-order valence-corrected chi connectivity index (χ2v) is 22.5. The second-order valence-electron chi connectivity index (χ2n) is 12.4. The summed E-state index contributed by atoms with van der Waals surface area (Å²) in [6, 6.07) is 9.05. The van der Waals surface area contributed by atoms with Crippen molar-refractivity contribution in [1.82, 2.24) is 0 Å². The van der Waals surface area contributed by atoms with Crippen LogP contribution in [-0.2, 0) is 12.8 Å². The Balaban J connectivity index is 1.79. The van der Waals surface area contributed by atoms with Crippen LogP contribution in [0.3, 0.4) is 0 Å². The first-order chi connectivity index (χ1) is 16.8. The molecule has 36 heavy (non-hydrogen) atoms. The third kappa shape index (κ3) is 6.97. The molecule has 6 heteroatoms. The maximum absolute atomic E-state index is 10.8. The van der Waals surface area contributed by atoms with Gasteiger partial charge in [0.2, 0.25) is 0 Å². The summed E-state index contributed by atoms with van der Waals surface area (Å²) in [5.74, 6) is 0.747. The van der Waals surface area contributed by atoms with Gasteiger partial charge < -0.3 is 10.2 Å². The Bertz CT molecular complexity index is 1040. The van der Waals surface area contributed by atoms with Crippen LogP contribution in [0.4, 0.5) is 0 Å². The molecule has 1 aliphatic rings. The van der Waals surface area contributed by atoms with E-state index in [2.05, 4.69) is 77.4 Å². The Morgan fingerprint density at radius 3 is 1.44 bits per heavy atom. The molecule has 3 rings (SSSR count). The first kappa shape index (κ1) is 28.4. The third-order valence-electron chi connectivity index (χ3n) is 7.40. The number of aryl methyl sites for hydroxylation is 2. The van der Waals surface area contributed by atoms with Gasteiger partial charge in [-0.3, -0.25) is 9.98 Å². The zero-order valence-corrected chi connectivity index (χ0v) is 25.7. The quantitative estimate of drug-likeness (QED) is 0.322. The number of rotatable bonds is 8. The smallest absolute Gasteiger partial charge is 0.127 e. The summed E-state index contributed by atoms with van der Waals surface area (Å²) in [5, 5.41) is 24.3. The molecule has 0 radical (unpaired) electrons. The number of phenolic OH excluding ortho intramolecular Hbond substituents is 2. The van der Waals surface area contributed by atoms with Crippen molar-refractivity contribution < 1.29 is 10.2 Å². The Morgan fingerprint density at radius 2 is 1.11 bits per heavy atom. The maximum atomic E-state index is 10.8. The van der Waals surface area contributed by atoms with E-state index in [0.29, 0.717) is 11.5 Å². The summed E-state index contributed by atoms with van der Waals surface area (Å²) in [6.45, 7) is 18.2. The van der Waals surface area contributed by atoms with Gasteiger partial charge in [0.05, 0.1) is 28.2 Å². The van der Waals surface area contributed by atoms with Gasteiger partial charge in [-0.15, -0.1) is 0 Å². The lowest BCUT2D eigenvalue weighted by Crippen LogP contribution is -2.38. The lowest BCUT2D eigenvalue weighted by molar-refractivity contribution is 0.397. The molecule has 0 spiro atoms. The SMILES string of the molecule is CCc1cc([Si](C)(C)C)cc(C=NC2CCCC(N=Cc3cc([Si](C)(C)C)cc(CC)c3O)C2)c1O. The average Bonchev–Trinajstić information content (AvgIpc) is 2.81. The number of nitrogens with zero attached hydrogens (tertiary/aromatic N) is 2. The van der Waals surface area contributed by atoms with E-state index in [1.165, 1.54) is 10.4 Å². The van der Waals surface area contributed by atoms with E-state index in [0.717, 1.165) is 60.8 Å². The Morgan fingerprint density at radius 1 is 0.722 bits per heavy atom. The fourth-order valence-electron chi connectivity index (χ4n) is 4.82. The van der Waals surface area contributed by atoms with Crippen molar-refractivity contribution in [2.75, 3.05) is 0 Å². The molecule has 1 aliphatic carbocycles. The van der Waals surface area contributed by atoms with Gasteiger partial charge in [-0.2, -0.15) is 0 Å². The van der Waals surface area contributed by atoms with E-state index in [1.54, 1.807) is 0 Å². The summed E-state index contributed by atoms with van der Waals surface area (Å²) >= 11 is 0. The molecule has 2 unspecified atom stereocenters. The van der Waals surface area contributed by atoms with Gasteiger partial charge in [0.25, 0.3) is 0 Å². The van der Waals surface area contributed by atoms with Crippen molar-refractivity contribution in [1.29, 1.82) is 0 Å². The number of aliphatic imine (C=N–C) groups is 2. The molecular formula is C30H46N2O2Si2. The lowest BCUT2D eigenvalue weighted by Gasteiger charge is -2.24. The van der Waals surface area contributed by atoms with E-state index in [1.807, 2.05) is 12.4 Å². The Hall–Kier alpha value is -2.19. The van der Waals surface area contributed by atoms with Crippen LogP contribution in [0.15, 0.2) is 34.3 Å². The molecule has 2 atom stereocenters. The summed E-state index contributed by atoms with van der Waals surface area (Å²) in [4.78, 5) is 9.84. The van der Waals surface area contributed by atoms with E-state index in [4.69, 9.17) is 9.98 Å². The molecule has 0 heterocycles. The monoisotopic (exact) mass is 522 g/mol. The van der Waals surface area contributed by atoms with Gasteiger partial charge in [-0.25, -0.2) is 0 Å². The van der Waals surface area contributed by atoms with Crippen molar-refractivity contribution in [2.24, 2.45) is 9.98 Å². The highest BCUT2D eigenvalue weighted by atomic mass is 28.3. The summed E-state index contributed by atoms with van der Waals surface area (Å²) in [7, 11) is -2.99. The van der Waals surface area contributed by atoms with Crippen molar-refractivity contribution in [3.63, 3.8) is 0 Å². The van der Waals surface area contributed by atoms with Crippen molar-refractivity contribution >= 4 is 39.0 Å². The zero-order valence-electron chi connectivity index (χ0n) is 23.7. The van der Waals surface area contributed by atoms with Crippen molar-refractivity contribution in [2.45, 2.75) is 104 Å². The molecule has 1 saturated carbocycles. The van der Waals surface area contributed by atoms with Crippen LogP contribution in [0.1, 0.15) is 61.8 Å². The molecule has 2 aromatic rings. The van der Waals surface area contributed by atoms with E-state index in [9.17, 15) is 10.2 Å². The number of phenols is 2. The molecule has 0 aromatic heterocycles. The van der Waals surface area contributed by atoms with Crippen molar-refractivity contribution in [3.8, 4) is 11.5 Å². The topological polar surface area (TPSA) is 65.2 Å². The fraction of sp³-hybridized carbons (Fsp3) is 0.533. The standard InChI is InChI=1S/C30H46N2O2Si2/c1-9-21-14-27(35(3,4)5)16-23(29(21)33)19-31-25-12-11-13-26(18-25)32-20-24-17-28(36(6,7)8)15-22(10-2)30(24)34/h14-17,19-20,25-26,33-34H,9-13,18H2,1-8H3. The minimum absolute atomic E-state index is 0.203. The highest BCUT2D eigenvalue weighted by Gasteiger charge is 2.23. The highest BCUT2D eigenvalue weighted by molar-refractivity contribution is 6.89. The Kier molecular flexibility index (Phi) is 9.04. The third-order valence-corrected chi connectivity index (χ3v) is 11.4. The number of hydrogen-bond donors (Lipinski definition) is 2. The van der Waals surface area contributed by atoms with Gasteiger partial charge >= 0.3 is 0 Å². The first-order valence-electron chi connectivity index (χ1n) is 13.6. The Labute approximate surface area is 220 Å². The molecule has 0 aliphatic heterocycles. The summed E-state index contributed by atoms with van der Waals surface area (Å²) in [5.41, 5.74) is 3.71. The minimum Gasteiger partial charge on any atom is -0.507 e. The maximum Gasteiger partial charge on any atom is 0.127 e. The van der Waals surface area contributed by atoms with Crippen LogP contribution in [-0.4, -0.2) is 50.9 Å². The summed E-state index contributed by atoms with van der Waals surface area (Å²) in [6.07, 6.45) is 9.51. The normalized spacial score (nSPS) is 19.4. The molecule has 196 valence electrons. The molecule has 1 fully saturated rings. The molecule has 4 nitrogen and oxygen atoms in total. The van der Waals surface area contributed by atoms with E-state index in [-0.39, 0.29) is 12.1 Å². The highest BCUT2D eigenvalue weighted by Crippen LogP contribution is 2.27. The number of hydrogen-bond acceptors (Lipinski definition) is 4. The predicted octanol–water partition coefficient (Wildman–Crippen LogP) is 6.16. The number of aromatic hydroxyl groups is 2. The van der Waals surface area contributed by atoms with Crippen LogP contribution in [0.25, 0.3) is 0 Å². The van der Waals surface area contributed by atoms with Gasteiger partial charge in [-0.05, 0) is 49.7 Å². The van der Waals surface area contributed by atoms with Gasteiger partial charge in [0, 0.05) is 23.6 Å². The predicted molar refractivity (Wildman–Crippen MR) is 162 cm³/mol. The largest absolute Gasteiger partial charge is 0.507 e. The second kappa shape index (κ2) is 11.5. The number of benzene rings is 2. The van der Waals surface area contributed by atoms with E-state index < -0.39 is 16.1 Å². The molecule has 0 amide bonds. The lowest BCUT2D eigenvalue weighted by atomic mass is 9.91. The summed E-state index contributed by atoms with van der Waals surface area (Å²) < 4.78 is 0. The minimum atomic E-state index is -1.50. The first-order valence-corrected chi connectivity index (χ1v) is 20.6. The van der Waals surface area contributed by atoms with Gasteiger partial charge in [-0.1, -0.05) is 87.8 Å². The zero-order chi connectivity index (χ0) is 26.7. The molecule has 2 aromatic carbocycles. The van der Waals surface area contributed by atoms with Crippen LogP contribution < -0.4 is 10.4 Å². The molecule has 0 bridgehead atoms. The molecule has 0 saturated heterocycles. The molecule has 2 N–H and O–H groups in total. The van der Waals surface area contributed by atoms with Crippen LogP contribution >= 0.6 is 0 Å². The van der Waals surface area contributed by atoms with Gasteiger partial charge in [0.15, 0.2) is 0 Å². The van der Waals surface area contributed by atoms with Crippen LogP contribution in [0, 0.1) is 0 Å². The van der Waals surface area contributed by atoms with Gasteiger partial charge in [0.1, 0.15) is 11.5 Å². The van der Waals surface area contributed by atoms with Crippen LogP contribution in [0.2, 0.25) is 39.3 Å². The fourth-order valence-corrected chi connectivity index (χ4v) is 7.21.